The minimum absolute atomic E-state index is 0.151. The van der Waals surface area contributed by atoms with Gasteiger partial charge in [0.25, 0.3) is 0 Å². The molecule has 4 N–H and O–H groups in total. The highest BCUT2D eigenvalue weighted by atomic mass is 16.2. The van der Waals surface area contributed by atoms with Gasteiger partial charge in [-0.1, -0.05) is 12.1 Å². The van der Waals surface area contributed by atoms with Gasteiger partial charge in [-0.25, -0.2) is 4.79 Å². The van der Waals surface area contributed by atoms with Gasteiger partial charge in [-0.2, -0.15) is 0 Å². The second-order valence-corrected chi connectivity index (χ2v) is 4.82. The maximum atomic E-state index is 11.5. The number of aryl methyl sites for hydroxylation is 1. The topological polar surface area (TPSA) is 87.5 Å². The summed E-state index contributed by atoms with van der Waals surface area (Å²) in [6, 6.07) is 7.98. The third kappa shape index (κ3) is 6.65. The van der Waals surface area contributed by atoms with Gasteiger partial charge in [-0.3, -0.25) is 4.79 Å². The highest BCUT2D eigenvalue weighted by molar-refractivity contribution is 5.76. The zero-order valence-corrected chi connectivity index (χ0v) is 12.7. The van der Waals surface area contributed by atoms with Crippen LogP contribution in [-0.2, 0) is 4.79 Å². The average Bonchev–Trinajstić information content (AvgIpc) is 2.43. The lowest BCUT2D eigenvalue weighted by molar-refractivity contribution is -0.117. The Kier molecular flexibility index (Phi) is 7.08. The molecular formula is C15H24N4O2. The van der Waals surface area contributed by atoms with E-state index < -0.39 is 5.91 Å². The van der Waals surface area contributed by atoms with E-state index in [1.165, 1.54) is 5.56 Å². The largest absolute Gasteiger partial charge is 0.370 e. The summed E-state index contributed by atoms with van der Waals surface area (Å²) in [6.45, 7) is 6.52. The number of primary amides is 1. The molecule has 1 rings (SSSR count). The maximum Gasteiger partial charge on any atom is 0.314 e. The van der Waals surface area contributed by atoms with Crippen molar-refractivity contribution in [2.45, 2.75) is 20.3 Å². The summed E-state index contributed by atoms with van der Waals surface area (Å²) in [4.78, 5) is 24.2. The van der Waals surface area contributed by atoms with Crippen LogP contribution in [0, 0.1) is 6.92 Å². The Morgan fingerprint density at radius 2 is 1.95 bits per heavy atom. The quantitative estimate of drug-likeness (QED) is 0.668. The summed E-state index contributed by atoms with van der Waals surface area (Å²) in [7, 11) is 0. The molecule has 1 aromatic rings. The molecule has 0 radical (unpaired) electrons. The van der Waals surface area contributed by atoms with Crippen LogP contribution in [0.25, 0.3) is 0 Å². The molecule has 0 saturated heterocycles. The Balaban J connectivity index is 2.32. The lowest BCUT2D eigenvalue weighted by Crippen LogP contribution is -2.41. The molecule has 0 aromatic heterocycles. The molecule has 21 heavy (non-hydrogen) atoms. The second kappa shape index (κ2) is 8.84. The predicted molar refractivity (Wildman–Crippen MR) is 84.3 cm³/mol. The van der Waals surface area contributed by atoms with Gasteiger partial charge >= 0.3 is 6.03 Å². The molecule has 0 saturated carbocycles. The first-order valence-electron chi connectivity index (χ1n) is 7.14. The lowest BCUT2D eigenvalue weighted by Gasteiger charge is -2.23. The summed E-state index contributed by atoms with van der Waals surface area (Å²) >= 11 is 0. The maximum absolute atomic E-state index is 11.5. The number of urea groups is 1. The van der Waals surface area contributed by atoms with Crippen LogP contribution in [0.5, 0.6) is 0 Å². The summed E-state index contributed by atoms with van der Waals surface area (Å²) in [5, 5.41) is 5.35. The van der Waals surface area contributed by atoms with E-state index in [0.717, 1.165) is 18.8 Å². The van der Waals surface area contributed by atoms with E-state index in [0.29, 0.717) is 6.54 Å². The van der Waals surface area contributed by atoms with E-state index in [-0.39, 0.29) is 19.0 Å². The van der Waals surface area contributed by atoms with Crippen LogP contribution in [0.1, 0.15) is 18.9 Å². The third-order valence-electron chi connectivity index (χ3n) is 3.07. The third-order valence-corrected chi connectivity index (χ3v) is 3.07. The molecule has 0 spiro atoms. The van der Waals surface area contributed by atoms with E-state index in [9.17, 15) is 9.59 Å². The van der Waals surface area contributed by atoms with Gasteiger partial charge in [0, 0.05) is 38.3 Å². The molecule has 3 amide bonds. The first-order chi connectivity index (χ1) is 10.0. The number of rotatable bonds is 8. The number of anilines is 1. The lowest BCUT2D eigenvalue weighted by atomic mass is 10.2. The van der Waals surface area contributed by atoms with Crippen molar-refractivity contribution >= 4 is 17.6 Å². The Morgan fingerprint density at radius 1 is 1.24 bits per heavy atom. The van der Waals surface area contributed by atoms with Crippen molar-refractivity contribution < 1.29 is 9.59 Å². The Bertz CT molecular complexity index is 476. The highest BCUT2D eigenvalue weighted by Crippen LogP contribution is 2.14. The van der Waals surface area contributed by atoms with Crippen molar-refractivity contribution in [1.29, 1.82) is 0 Å². The SMILES string of the molecule is CCN(CCNC(=O)NCCC(N)=O)c1cccc(C)c1. The van der Waals surface area contributed by atoms with Crippen molar-refractivity contribution in [2.75, 3.05) is 31.1 Å². The molecule has 0 aliphatic carbocycles. The van der Waals surface area contributed by atoms with Gasteiger partial charge in [0.1, 0.15) is 0 Å². The van der Waals surface area contributed by atoms with Crippen LogP contribution in [0.4, 0.5) is 10.5 Å². The number of benzene rings is 1. The molecule has 6 nitrogen and oxygen atoms in total. The van der Waals surface area contributed by atoms with Gasteiger partial charge in [-0.15, -0.1) is 0 Å². The van der Waals surface area contributed by atoms with E-state index in [4.69, 9.17) is 5.73 Å². The zero-order valence-electron chi connectivity index (χ0n) is 12.7. The minimum atomic E-state index is -0.424. The monoisotopic (exact) mass is 292 g/mol. The van der Waals surface area contributed by atoms with Crippen LogP contribution < -0.4 is 21.3 Å². The molecule has 0 unspecified atom stereocenters. The summed E-state index contributed by atoms with van der Waals surface area (Å²) in [5.74, 6) is -0.424. The fourth-order valence-corrected chi connectivity index (χ4v) is 1.96. The molecule has 0 atom stereocenters. The normalized spacial score (nSPS) is 10.0. The molecular weight excluding hydrogens is 268 g/mol. The first-order valence-corrected chi connectivity index (χ1v) is 7.14. The number of nitrogens with two attached hydrogens (primary N) is 1. The summed E-state index contributed by atoms with van der Waals surface area (Å²) in [5.41, 5.74) is 7.35. The molecule has 0 bridgehead atoms. The molecule has 6 heteroatoms. The molecule has 0 fully saturated rings. The average molecular weight is 292 g/mol. The number of nitrogens with zero attached hydrogens (tertiary/aromatic N) is 1. The van der Waals surface area contributed by atoms with Crippen molar-refractivity contribution in [2.24, 2.45) is 5.73 Å². The van der Waals surface area contributed by atoms with Gasteiger partial charge in [0.2, 0.25) is 5.91 Å². The van der Waals surface area contributed by atoms with E-state index in [1.807, 2.05) is 6.07 Å². The molecule has 0 aliphatic rings. The minimum Gasteiger partial charge on any atom is -0.370 e. The van der Waals surface area contributed by atoms with Crippen LogP contribution >= 0.6 is 0 Å². The number of amides is 3. The number of nitrogens with one attached hydrogen (secondary N) is 2. The summed E-state index contributed by atoms with van der Waals surface area (Å²) in [6.07, 6.45) is 0.151. The van der Waals surface area contributed by atoms with Crippen LogP contribution in [-0.4, -0.2) is 38.1 Å². The Morgan fingerprint density at radius 3 is 2.57 bits per heavy atom. The van der Waals surface area contributed by atoms with Crippen LogP contribution in [0.2, 0.25) is 0 Å². The van der Waals surface area contributed by atoms with Crippen LogP contribution in [0.3, 0.4) is 0 Å². The van der Waals surface area contributed by atoms with Crippen molar-refractivity contribution in [3.05, 3.63) is 29.8 Å². The van der Waals surface area contributed by atoms with Crippen molar-refractivity contribution in [3.63, 3.8) is 0 Å². The number of hydrogen-bond donors (Lipinski definition) is 3. The smallest absolute Gasteiger partial charge is 0.314 e. The fourth-order valence-electron chi connectivity index (χ4n) is 1.96. The van der Waals surface area contributed by atoms with E-state index in [1.54, 1.807) is 0 Å². The fraction of sp³-hybridized carbons (Fsp3) is 0.467. The number of carbonyl (C=O) groups excluding carboxylic acids is 2. The van der Waals surface area contributed by atoms with Crippen LogP contribution in [0.15, 0.2) is 24.3 Å². The van der Waals surface area contributed by atoms with Crippen molar-refractivity contribution in [1.82, 2.24) is 10.6 Å². The predicted octanol–water partition coefficient (Wildman–Crippen LogP) is 0.996. The molecule has 1 aromatic carbocycles. The van der Waals surface area contributed by atoms with Gasteiger partial charge in [-0.05, 0) is 31.5 Å². The molecule has 0 aliphatic heterocycles. The highest BCUT2D eigenvalue weighted by Gasteiger charge is 2.05. The second-order valence-electron chi connectivity index (χ2n) is 4.82. The number of hydrogen-bond acceptors (Lipinski definition) is 3. The Hall–Kier alpha value is -2.24. The van der Waals surface area contributed by atoms with Crippen molar-refractivity contribution in [3.8, 4) is 0 Å². The summed E-state index contributed by atoms with van der Waals surface area (Å²) < 4.78 is 0. The van der Waals surface area contributed by atoms with E-state index >= 15 is 0 Å². The standard InChI is InChI=1S/C15H24N4O2/c1-3-19(13-6-4-5-12(2)11-13)10-9-18-15(21)17-8-7-14(16)20/h4-6,11H,3,7-10H2,1-2H3,(H2,16,20)(H2,17,18,21). The van der Waals surface area contributed by atoms with Gasteiger partial charge in [0.15, 0.2) is 0 Å². The number of carbonyl (C=O) groups is 2. The molecule has 116 valence electrons. The Labute approximate surface area is 125 Å². The zero-order chi connectivity index (χ0) is 15.7. The first kappa shape index (κ1) is 16.8. The number of likely N-dealkylation sites (N-methyl/N-ethyl adjacent to an activating group) is 1. The van der Waals surface area contributed by atoms with E-state index in [2.05, 4.69) is 47.6 Å². The molecule has 0 heterocycles. The van der Waals surface area contributed by atoms with Gasteiger partial charge in [0.05, 0.1) is 0 Å². The van der Waals surface area contributed by atoms with Gasteiger partial charge < -0.3 is 21.3 Å².